The second-order valence-corrected chi connectivity index (χ2v) is 3.58. The molecule has 0 aliphatic rings. The number of aliphatic hydroxyl groups excluding tert-OH is 1. The summed E-state index contributed by atoms with van der Waals surface area (Å²) in [6.45, 7) is 1.56. The number of nitrogens with one attached hydrogen (secondary N) is 1. The van der Waals surface area contributed by atoms with Gasteiger partial charge in [-0.1, -0.05) is 6.07 Å². The molecule has 0 saturated heterocycles. The molecule has 4 N–H and O–H groups in total. The number of anilines is 1. The Bertz CT molecular complexity index is 447. The molecule has 0 aromatic heterocycles. The fourth-order valence-electron chi connectivity index (χ4n) is 1.25. The number of hydrogen-bond acceptors (Lipinski definition) is 5. The number of primary amides is 1. The van der Waals surface area contributed by atoms with Gasteiger partial charge in [-0.3, -0.25) is 14.9 Å². The Morgan fingerprint density at radius 2 is 2.29 bits per heavy atom. The monoisotopic (exact) mass is 239 g/mol. The van der Waals surface area contributed by atoms with Crippen molar-refractivity contribution in [2.45, 2.75) is 13.0 Å². The molecule has 1 amide bonds. The van der Waals surface area contributed by atoms with Gasteiger partial charge in [0.25, 0.3) is 5.69 Å². The van der Waals surface area contributed by atoms with Crippen LogP contribution in [-0.4, -0.2) is 28.6 Å². The average molecular weight is 239 g/mol. The van der Waals surface area contributed by atoms with Crippen molar-refractivity contribution in [3.8, 4) is 0 Å². The molecule has 1 rings (SSSR count). The molecule has 0 fully saturated rings. The number of nitrogens with two attached hydrogens (primary N) is 1. The number of nitrogens with zero attached hydrogens (tertiary/aromatic N) is 1. The second kappa shape index (κ2) is 5.26. The number of nitro benzene ring substituents is 1. The highest BCUT2D eigenvalue weighted by Gasteiger charge is 2.16. The zero-order valence-corrected chi connectivity index (χ0v) is 9.21. The van der Waals surface area contributed by atoms with Crippen LogP contribution in [0.25, 0.3) is 0 Å². The quantitative estimate of drug-likeness (QED) is 0.499. The van der Waals surface area contributed by atoms with Crippen LogP contribution in [0.3, 0.4) is 0 Å². The predicted molar refractivity (Wildman–Crippen MR) is 61.5 cm³/mol. The SMILES string of the molecule is Cc1ccc(NCC(O)C(N)=O)c([N+](=O)[O-])c1. The summed E-state index contributed by atoms with van der Waals surface area (Å²) < 4.78 is 0. The summed E-state index contributed by atoms with van der Waals surface area (Å²) in [4.78, 5) is 20.8. The standard InChI is InChI=1S/C10H13N3O4/c1-6-2-3-7(8(4-6)13(16)17)12-5-9(14)10(11)15/h2-4,9,12,14H,5H2,1H3,(H2,11,15). The van der Waals surface area contributed by atoms with Crippen molar-refractivity contribution in [2.75, 3.05) is 11.9 Å². The smallest absolute Gasteiger partial charge is 0.292 e. The molecule has 1 aromatic carbocycles. The molecule has 0 aliphatic carbocycles. The van der Waals surface area contributed by atoms with E-state index in [2.05, 4.69) is 5.32 Å². The topological polar surface area (TPSA) is 118 Å². The van der Waals surface area contributed by atoms with Gasteiger partial charge in [-0.15, -0.1) is 0 Å². The lowest BCUT2D eigenvalue weighted by Crippen LogP contribution is -2.34. The highest BCUT2D eigenvalue weighted by molar-refractivity contribution is 5.79. The van der Waals surface area contributed by atoms with Crippen LogP contribution < -0.4 is 11.1 Å². The van der Waals surface area contributed by atoms with E-state index in [1.165, 1.54) is 12.1 Å². The summed E-state index contributed by atoms with van der Waals surface area (Å²) in [6, 6.07) is 4.60. The van der Waals surface area contributed by atoms with Gasteiger partial charge in [0.2, 0.25) is 5.91 Å². The summed E-state index contributed by atoms with van der Waals surface area (Å²) >= 11 is 0. The number of benzene rings is 1. The molecule has 92 valence electrons. The molecule has 0 heterocycles. The van der Waals surface area contributed by atoms with Crippen LogP contribution in [0.2, 0.25) is 0 Å². The van der Waals surface area contributed by atoms with E-state index in [9.17, 15) is 14.9 Å². The fraction of sp³-hybridized carbons (Fsp3) is 0.300. The Balaban J connectivity index is 2.84. The number of rotatable bonds is 5. The highest BCUT2D eigenvalue weighted by atomic mass is 16.6. The Kier molecular flexibility index (Phi) is 4.00. The molecule has 17 heavy (non-hydrogen) atoms. The summed E-state index contributed by atoms with van der Waals surface area (Å²) in [5.41, 5.74) is 5.73. The first-order chi connectivity index (χ1) is 7.91. The third-order valence-corrected chi connectivity index (χ3v) is 2.16. The molecule has 1 unspecified atom stereocenters. The van der Waals surface area contributed by atoms with E-state index < -0.39 is 16.9 Å². The van der Waals surface area contributed by atoms with E-state index in [1.54, 1.807) is 13.0 Å². The normalized spacial score (nSPS) is 11.9. The fourth-order valence-corrected chi connectivity index (χ4v) is 1.25. The zero-order chi connectivity index (χ0) is 13.0. The highest BCUT2D eigenvalue weighted by Crippen LogP contribution is 2.25. The van der Waals surface area contributed by atoms with Gasteiger partial charge in [-0.05, 0) is 18.6 Å². The number of nitro groups is 1. The van der Waals surface area contributed by atoms with Crippen molar-refractivity contribution in [3.05, 3.63) is 33.9 Å². The van der Waals surface area contributed by atoms with E-state index in [1.807, 2.05) is 0 Å². The maximum absolute atomic E-state index is 10.8. The minimum atomic E-state index is -1.38. The van der Waals surface area contributed by atoms with Gasteiger partial charge >= 0.3 is 0 Å². The third-order valence-electron chi connectivity index (χ3n) is 2.16. The van der Waals surface area contributed by atoms with Gasteiger partial charge in [0.1, 0.15) is 11.8 Å². The molecular weight excluding hydrogens is 226 g/mol. The lowest BCUT2D eigenvalue weighted by Gasteiger charge is -2.10. The number of aryl methyl sites for hydroxylation is 1. The van der Waals surface area contributed by atoms with Crippen molar-refractivity contribution in [1.29, 1.82) is 0 Å². The van der Waals surface area contributed by atoms with Crippen LogP contribution in [0.15, 0.2) is 18.2 Å². The van der Waals surface area contributed by atoms with Crippen LogP contribution in [0.1, 0.15) is 5.56 Å². The van der Waals surface area contributed by atoms with E-state index in [0.29, 0.717) is 0 Å². The molecule has 7 nitrogen and oxygen atoms in total. The van der Waals surface area contributed by atoms with Crippen molar-refractivity contribution < 1.29 is 14.8 Å². The first kappa shape index (κ1) is 12.9. The molecule has 0 aliphatic heterocycles. The van der Waals surface area contributed by atoms with E-state index in [0.717, 1.165) is 5.56 Å². The zero-order valence-electron chi connectivity index (χ0n) is 9.21. The molecule has 1 atom stereocenters. The first-order valence-electron chi connectivity index (χ1n) is 4.88. The van der Waals surface area contributed by atoms with Crippen molar-refractivity contribution in [1.82, 2.24) is 0 Å². The van der Waals surface area contributed by atoms with Gasteiger partial charge < -0.3 is 16.2 Å². The molecule has 0 spiro atoms. The van der Waals surface area contributed by atoms with Crippen LogP contribution in [-0.2, 0) is 4.79 Å². The average Bonchev–Trinajstić information content (AvgIpc) is 2.26. The Hall–Kier alpha value is -2.15. The maximum Gasteiger partial charge on any atom is 0.292 e. The largest absolute Gasteiger partial charge is 0.381 e. The minimum absolute atomic E-state index is 0.110. The van der Waals surface area contributed by atoms with Gasteiger partial charge in [-0.2, -0.15) is 0 Å². The summed E-state index contributed by atoms with van der Waals surface area (Å²) in [5.74, 6) is -0.882. The molecule has 7 heteroatoms. The third kappa shape index (κ3) is 3.42. The lowest BCUT2D eigenvalue weighted by atomic mass is 10.2. The summed E-state index contributed by atoms with van der Waals surface area (Å²) in [7, 11) is 0. The molecule has 0 bridgehead atoms. The number of amides is 1. The van der Waals surface area contributed by atoms with E-state index >= 15 is 0 Å². The van der Waals surface area contributed by atoms with Gasteiger partial charge in [0.15, 0.2) is 0 Å². The summed E-state index contributed by atoms with van der Waals surface area (Å²) in [6.07, 6.45) is -1.38. The second-order valence-electron chi connectivity index (χ2n) is 3.58. The first-order valence-corrected chi connectivity index (χ1v) is 4.88. The van der Waals surface area contributed by atoms with Crippen molar-refractivity contribution >= 4 is 17.3 Å². The van der Waals surface area contributed by atoms with Gasteiger partial charge in [-0.25, -0.2) is 0 Å². The number of hydrogen-bond donors (Lipinski definition) is 3. The summed E-state index contributed by atoms with van der Waals surface area (Å²) in [5, 5.41) is 22.5. The van der Waals surface area contributed by atoms with Crippen LogP contribution in [0.4, 0.5) is 11.4 Å². The van der Waals surface area contributed by atoms with Crippen molar-refractivity contribution in [3.63, 3.8) is 0 Å². The molecular formula is C10H13N3O4. The molecule has 1 aromatic rings. The van der Waals surface area contributed by atoms with E-state index in [-0.39, 0.29) is 17.9 Å². The lowest BCUT2D eigenvalue weighted by molar-refractivity contribution is -0.384. The molecule has 0 saturated carbocycles. The Morgan fingerprint density at radius 1 is 1.65 bits per heavy atom. The van der Waals surface area contributed by atoms with Gasteiger partial charge in [0.05, 0.1) is 11.5 Å². The minimum Gasteiger partial charge on any atom is -0.381 e. The number of aliphatic hydroxyl groups is 1. The number of carbonyl (C=O) groups is 1. The predicted octanol–water partition coefficient (Wildman–Crippen LogP) is 0.161. The van der Waals surface area contributed by atoms with E-state index in [4.69, 9.17) is 10.8 Å². The Labute approximate surface area is 97.4 Å². The van der Waals surface area contributed by atoms with Crippen LogP contribution >= 0.6 is 0 Å². The number of carbonyl (C=O) groups excluding carboxylic acids is 1. The van der Waals surface area contributed by atoms with Gasteiger partial charge in [0, 0.05) is 6.07 Å². The Morgan fingerprint density at radius 3 is 2.82 bits per heavy atom. The van der Waals surface area contributed by atoms with Crippen molar-refractivity contribution in [2.24, 2.45) is 5.73 Å². The van der Waals surface area contributed by atoms with Crippen LogP contribution in [0, 0.1) is 17.0 Å². The van der Waals surface area contributed by atoms with Crippen LogP contribution in [0.5, 0.6) is 0 Å². The molecule has 0 radical (unpaired) electrons. The maximum atomic E-state index is 10.8.